The molecule has 2 N–H and O–H groups in total. The van der Waals surface area contributed by atoms with Gasteiger partial charge in [-0.1, -0.05) is 6.92 Å². The van der Waals surface area contributed by atoms with Gasteiger partial charge in [-0.05, 0) is 50.7 Å². The summed E-state index contributed by atoms with van der Waals surface area (Å²) in [5.41, 5.74) is 1.52. The Morgan fingerprint density at radius 1 is 1.36 bits per heavy atom. The SMILES string of the molecule is CCC(C)N(CC(=O)O)C(=O)c1cc2c([nH]c1=O)CCCC2. The molecule has 1 heterocycles. The summed E-state index contributed by atoms with van der Waals surface area (Å²) in [6.45, 7) is 3.27. The summed E-state index contributed by atoms with van der Waals surface area (Å²) in [6, 6.07) is 1.41. The average molecular weight is 306 g/mol. The van der Waals surface area contributed by atoms with Gasteiger partial charge in [0.15, 0.2) is 0 Å². The number of aryl methyl sites for hydroxylation is 2. The van der Waals surface area contributed by atoms with Crippen molar-refractivity contribution in [3.63, 3.8) is 0 Å². The zero-order valence-electron chi connectivity index (χ0n) is 13.0. The molecule has 0 radical (unpaired) electrons. The second-order valence-corrected chi connectivity index (χ2v) is 5.81. The van der Waals surface area contributed by atoms with E-state index < -0.39 is 24.0 Å². The van der Waals surface area contributed by atoms with E-state index in [1.54, 1.807) is 13.0 Å². The van der Waals surface area contributed by atoms with E-state index in [1.165, 1.54) is 4.90 Å². The number of carboxylic acids is 1. The van der Waals surface area contributed by atoms with Crippen LogP contribution in [0.5, 0.6) is 0 Å². The molecule has 0 spiro atoms. The van der Waals surface area contributed by atoms with Gasteiger partial charge in [-0.2, -0.15) is 0 Å². The fourth-order valence-electron chi connectivity index (χ4n) is 2.78. The summed E-state index contributed by atoms with van der Waals surface area (Å²) in [4.78, 5) is 39.9. The monoisotopic (exact) mass is 306 g/mol. The Hall–Kier alpha value is -2.11. The third kappa shape index (κ3) is 3.37. The highest BCUT2D eigenvalue weighted by Gasteiger charge is 2.26. The van der Waals surface area contributed by atoms with Crippen molar-refractivity contribution in [1.82, 2.24) is 9.88 Å². The second kappa shape index (κ2) is 6.77. The number of hydrogen-bond donors (Lipinski definition) is 2. The fraction of sp³-hybridized carbons (Fsp3) is 0.562. The number of H-pyrrole nitrogens is 1. The summed E-state index contributed by atoms with van der Waals surface area (Å²) in [7, 11) is 0. The van der Waals surface area contributed by atoms with Crippen LogP contribution in [0.15, 0.2) is 10.9 Å². The molecule has 120 valence electrons. The molecule has 22 heavy (non-hydrogen) atoms. The molecular weight excluding hydrogens is 284 g/mol. The van der Waals surface area contributed by atoms with Gasteiger partial charge in [0.25, 0.3) is 11.5 Å². The molecule has 1 aromatic heterocycles. The number of nitrogens with one attached hydrogen (secondary N) is 1. The number of aromatic amines is 1. The first kappa shape index (κ1) is 16.3. The van der Waals surface area contributed by atoms with Crippen molar-refractivity contribution in [2.24, 2.45) is 0 Å². The molecule has 2 rings (SSSR count). The van der Waals surface area contributed by atoms with Crippen LogP contribution >= 0.6 is 0 Å². The van der Waals surface area contributed by atoms with Crippen LogP contribution in [0.2, 0.25) is 0 Å². The lowest BCUT2D eigenvalue weighted by atomic mass is 9.94. The van der Waals surface area contributed by atoms with Gasteiger partial charge in [0, 0.05) is 11.7 Å². The first-order valence-electron chi connectivity index (χ1n) is 7.71. The maximum Gasteiger partial charge on any atom is 0.323 e. The first-order valence-corrected chi connectivity index (χ1v) is 7.71. The Morgan fingerprint density at radius 2 is 2.05 bits per heavy atom. The lowest BCUT2D eigenvalue weighted by Crippen LogP contribution is -2.44. The quantitative estimate of drug-likeness (QED) is 0.864. The zero-order valence-corrected chi connectivity index (χ0v) is 13.0. The molecule has 1 amide bonds. The first-order chi connectivity index (χ1) is 10.4. The van der Waals surface area contributed by atoms with Gasteiger partial charge in [-0.15, -0.1) is 0 Å². The minimum absolute atomic E-state index is 0.0437. The van der Waals surface area contributed by atoms with Crippen LogP contribution in [0.4, 0.5) is 0 Å². The van der Waals surface area contributed by atoms with Crippen molar-refractivity contribution in [2.75, 3.05) is 6.54 Å². The smallest absolute Gasteiger partial charge is 0.323 e. The Kier molecular flexibility index (Phi) is 5.00. The standard InChI is InChI=1S/C16H22N2O4/c1-3-10(2)18(9-14(19)20)16(22)12-8-11-6-4-5-7-13(11)17-15(12)21/h8,10H,3-7,9H2,1-2H3,(H,17,21)(H,19,20). The van der Waals surface area contributed by atoms with Crippen LogP contribution < -0.4 is 5.56 Å². The van der Waals surface area contributed by atoms with Gasteiger partial charge >= 0.3 is 5.97 Å². The maximum atomic E-state index is 12.6. The van der Waals surface area contributed by atoms with Crippen LogP contribution in [0, 0.1) is 0 Å². The van der Waals surface area contributed by atoms with Gasteiger partial charge in [-0.3, -0.25) is 14.4 Å². The van der Waals surface area contributed by atoms with Gasteiger partial charge in [0.2, 0.25) is 0 Å². The molecule has 1 atom stereocenters. The lowest BCUT2D eigenvalue weighted by molar-refractivity contribution is -0.138. The van der Waals surface area contributed by atoms with Crippen molar-refractivity contribution in [3.05, 3.63) is 33.2 Å². The van der Waals surface area contributed by atoms with Gasteiger partial charge in [0.1, 0.15) is 12.1 Å². The maximum absolute atomic E-state index is 12.6. The van der Waals surface area contributed by atoms with E-state index in [-0.39, 0.29) is 11.6 Å². The summed E-state index contributed by atoms with van der Waals surface area (Å²) in [6.07, 6.45) is 4.37. The highest BCUT2D eigenvalue weighted by molar-refractivity contribution is 5.96. The normalized spacial score (nSPS) is 15.0. The Balaban J connectivity index is 2.37. The van der Waals surface area contributed by atoms with Crippen LogP contribution in [-0.4, -0.2) is 39.5 Å². The van der Waals surface area contributed by atoms with Crippen LogP contribution in [0.25, 0.3) is 0 Å². The number of carbonyl (C=O) groups excluding carboxylic acids is 1. The molecule has 1 aromatic rings. The minimum Gasteiger partial charge on any atom is -0.480 e. The summed E-state index contributed by atoms with van der Waals surface area (Å²) < 4.78 is 0. The summed E-state index contributed by atoms with van der Waals surface area (Å²) in [5.74, 6) is -1.59. The second-order valence-electron chi connectivity index (χ2n) is 5.81. The average Bonchev–Trinajstić information content (AvgIpc) is 2.50. The van der Waals surface area contributed by atoms with E-state index in [2.05, 4.69) is 4.98 Å². The predicted molar refractivity (Wildman–Crippen MR) is 82.1 cm³/mol. The molecule has 6 heteroatoms. The fourth-order valence-corrected chi connectivity index (χ4v) is 2.78. The number of pyridine rings is 1. The van der Waals surface area contributed by atoms with Crippen LogP contribution in [0.3, 0.4) is 0 Å². The molecule has 1 aliphatic carbocycles. The number of fused-ring (bicyclic) bond motifs is 1. The molecule has 0 aromatic carbocycles. The molecule has 0 saturated heterocycles. The van der Waals surface area contributed by atoms with Crippen molar-refractivity contribution in [1.29, 1.82) is 0 Å². The number of carbonyl (C=O) groups is 2. The van der Waals surface area contributed by atoms with E-state index in [9.17, 15) is 14.4 Å². The molecule has 0 bridgehead atoms. The Bertz CT molecular complexity index is 636. The zero-order chi connectivity index (χ0) is 16.3. The van der Waals surface area contributed by atoms with Crippen LogP contribution in [-0.2, 0) is 17.6 Å². The van der Waals surface area contributed by atoms with Crippen molar-refractivity contribution < 1.29 is 14.7 Å². The van der Waals surface area contributed by atoms with Crippen molar-refractivity contribution >= 4 is 11.9 Å². The third-order valence-corrected chi connectivity index (χ3v) is 4.26. The number of hydrogen-bond acceptors (Lipinski definition) is 3. The molecule has 0 aliphatic heterocycles. The van der Waals surface area contributed by atoms with Gasteiger partial charge in [-0.25, -0.2) is 0 Å². The Labute approximate surface area is 129 Å². The van der Waals surface area contributed by atoms with E-state index in [4.69, 9.17) is 5.11 Å². The van der Waals surface area contributed by atoms with Crippen LogP contribution in [0.1, 0.15) is 54.7 Å². The number of aromatic nitrogens is 1. The van der Waals surface area contributed by atoms with Gasteiger partial charge < -0.3 is 15.0 Å². The third-order valence-electron chi connectivity index (χ3n) is 4.26. The Morgan fingerprint density at radius 3 is 2.68 bits per heavy atom. The van der Waals surface area contributed by atoms with E-state index in [0.717, 1.165) is 36.9 Å². The molecule has 1 aliphatic rings. The molecule has 6 nitrogen and oxygen atoms in total. The van der Waals surface area contributed by atoms with E-state index >= 15 is 0 Å². The van der Waals surface area contributed by atoms with Gasteiger partial charge in [0.05, 0.1) is 0 Å². The number of amides is 1. The molecule has 0 fully saturated rings. The predicted octanol–water partition coefficient (Wildman–Crippen LogP) is 1.58. The number of nitrogens with zero attached hydrogens (tertiary/aromatic N) is 1. The van der Waals surface area contributed by atoms with Crippen molar-refractivity contribution in [2.45, 2.75) is 52.0 Å². The van der Waals surface area contributed by atoms with Crippen molar-refractivity contribution in [3.8, 4) is 0 Å². The van der Waals surface area contributed by atoms with E-state index in [1.807, 2.05) is 6.92 Å². The highest BCUT2D eigenvalue weighted by atomic mass is 16.4. The summed E-state index contributed by atoms with van der Waals surface area (Å²) >= 11 is 0. The highest BCUT2D eigenvalue weighted by Crippen LogP contribution is 2.19. The topological polar surface area (TPSA) is 90.5 Å². The largest absolute Gasteiger partial charge is 0.480 e. The minimum atomic E-state index is -1.08. The molecule has 0 saturated carbocycles. The van der Waals surface area contributed by atoms with E-state index in [0.29, 0.717) is 6.42 Å². The number of aliphatic carboxylic acids is 1. The summed E-state index contributed by atoms with van der Waals surface area (Å²) in [5, 5.41) is 9.01. The molecule has 1 unspecified atom stereocenters. The number of carboxylic acid groups (broad SMARTS) is 1. The number of rotatable bonds is 5. The molecular formula is C16H22N2O4. The lowest BCUT2D eigenvalue weighted by Gasteiger charge is -2.27.